The van der Waals surface area contributed by atoms with Crippen LogP contribution in [0, 0.1) is 19.7 Å². The molecule has 3 aliphatic rings. The summed E-state index contributed by atoms with van der Waals surface area (Å²) in [6, 6.07) is 12.4. The number of piperazine rings is 1. The highest BCUT2D eigenvalue weighted by Gasteiger charge is 2.30. The van der Waals surface area contributed by atoms with E-state index < -0.39 is 0 Å². The van der Waals surface area contributed by atoms with Crippen LogP contribution in [-0.2, 0) is 13.1 Å². The van der Waals surface area contributed by atoms with Crippen molar-refractivity contribution in [1.82, 2.24) is 24.8 Å². The molecule has 1 aromatic carbocycles. The minimum Gasteiger partial charge on any atom is -0.369 e. The number of hydrogen-bond acceptors (Lipinski definition) is 7. The zero-order valence-electron chi connectivity index (χ0n) is 26.3. The van der Waals surface area contributed by atoms with E-state index in [1.165, 1.54) is 11.6 Å². The first-order chi connectivity index (χ1) is 21.4. The maximum Gasteiger partial charge on any atom is 0.193 e. The van der Waals surface area contributed by atoms with Gasteiger partial charge in [0.25, 0.3) is 0 Å². The Bertz CT molecular complexity index is 1700. The molecule has 1 atom stereocenters. The van der Waals surface area contributed by atoms with Gasteiger partial charge in [0.1, 0.15) is 5.82 Å². The largest absolute Gasteiger partial charge is 0.369 e. The lowest BCUT2D eigenvalue weighted by atomic mass is 10.0. The van der Waals surface area contributed by atoms with E-state index in [2.05, 4.69) is 65.0 Å². The van der Waals surface area contributed by atoms with E-state index in [9.17, 15) is 4.79 Å². The van der Waals surface area contributed by atoms with Crippen LogP contribution in [0.15, 0.2) is 59.8 Å². The van der Waals surface area contributed by atoms with Gasteiger partial charge in [0.05, 0.1) is 23.1 Å². The number of piperidine rings is 1. The quantitative estimate of drug-likeness (QED) is 0.292. The smallest absolute Gasteiger partial charge is 0.193 e. The predicted molar refractivity (Wildman–Crippen MR) is 184 cm³/mol. The van der Waals surface area contributed by atoms with Crippen molar-refractivity contribution in [2.45, 2.75) is 64.7 Å². The Hall–Kier alpha value is -3.47. The lowest BCUT2D eigenvalue weighted by molar-refractivity contribution is 0.158. The zero-order valence-corrected chi connectivity index (χ0v) is 27.3. The van der Waals surface area contributed by atoms with Crippen molar-refractivity contribution in [2.24, 2.45) is 0 Å². The van der Waals surface area contributed by atoms with E-state index in [1.807, 2.05) is 32.3 Å². The predicted octanol–water partition coefficient (Wildman–Crippen LogP) is 5.08. The highest BCUT2D eigenvalue weighted by atomic mass is 32.1. The third-order valence-electron chi connectivity index (χ3n) is 9.47. The maximum absolute atomic E-state index is 15.6. The summed E-state index contributed by atoms with van der Waals surface area (Å²) in [7, 11) is 0. The number of hydrogen-bond donors (Lipinski definition) is 1. The number of rotatable bonds is 8. The Morgan fingerprint density at radius 2 is 1.78 bits per heavy atom. The summed E-state index contributed by atoms with van der Waals surface area (Å²) in [5, 5.41) is 3.83. The summed E-state index contributed by atoms with van der Waals surface area (Å²) < 4.78 is 17.9. The molecule has 45 heavy (non-hydrogen) atoms. The number of benzene rings is 1. The molecular weight excluding hydrogens is 585 g/mol. The van der Waals surface area contributed by atoms with Gasteiger partial charge in [0, 0.05) is 99.2 Å². The first-order valence-electron chi connectivity index (χ1n) is 16.1. The topological polar surface area (TPSA) is 69.5 Å². The molecule has 5 heterocycles. The van der Waals surface area contributed by atoms with Gasteiger partial charge in [0.15, 0.2) is 5.43 Å². The van der Waals surface area contributed by atoms with Crippen LogP contribution < -0.4 is 20.5 Å². The summed E-state index contributed by atoms with van der Waals surface area (Å²) >= 11 is 0. The first kappa shape index (κ1) is 31.5. The summed E-state index contributed by atoms with van der Waals surface area (Å²) in [6.07, 6.45) is 10.2. The van der Waals surface area contributed by atoms with Crippen molar-refractivity contribution in [1.29, 1.82) is 0 Å². The van der Waals surface area contributed by atoms with Gasteiger partial charge in [-0.15, -0.1) is 0 Å². The lowest BCUT2D eigenvalue weighted by Crippen LogP contribution is -2.48. The molecule has 3 fully saturated rings. The number of fused-ring (bicyclic) bond motifs is 1. The van der Waals surface area contributed by atoms with Crippen LogP contribution >= 0.6 is 13.5 Å². The molecule has 8 nitrogen and oxygen atoms in total. The number of aromatic nitrogens is 3. The fraction of sp³-hybridized carbons (Fsp3) is 0.457. The van der Waals surface area contributed by atoms with Gasteiger partial charge in [0.2, 0.25) is 0 Å². The fourth-order valence-corrected chi connectivity index (χ4v) is 6.94. The van der Waals surface area contributed by atoms with Gasteiger partial charge in [-0.3, -0.25) is 19.7 Å². The minimum absolute atomic E-state index is 0. The molecule has 3 aromatic heterocycles. The molecule has 2 aliphatic heterocycles. The van der Waals surface area contributed by atoms with Crippen LogP contribution in [-0.4, -0.2) is 64.7 Å². The van der Waals surface area contributed by atoms with E-state index in [0.29, 0.717) is 30.2 Å². The lowest BCUT2D eigenvalue weighted by Gasteiger charge is -2.40. The highest BCUT2D eigenvalue weighted by molar-refractivity contribution is 7.59. The molecule has 0 spiro atoms. The van der Waals surface area contributed by atoms with E-state index in [0.717, 1.165) is 93.1 Å². The summed E-state index contributed by atoms with van der Waals surface area (Å²) in [5.41, 5.74) is 6.44. The molecule has 0 amide bonds. The second kappa shape index (κ2) is 13.5. The van der Waals surface area contributed by atoms with Crippen LogP contribution in [0.3, 0.4) is 0 Å². The number of nitrogens with zero attached hydrogens (tertiary/aromatic N) is 6. The van der Waals surface area contributed by atoms with Crippen molar-refractivity contribution >= 4 is 35.8 Å². The number of pyridine rings is 3. The second-order valence-corrected chi connectivity index (χ2v) is 12.8. The van der Waals surface area contributed by atoms with Gasteiger partial charge in [-0.1, -0.05) is 0 Å². The zero-order chi connectivity index (χ0) is 30.2. The first-order valence-corrected chi connectivity index (χ1v) is 16.1. The van der Waals surface area contributed by atoms with Crippen molar-refractivity contribution in [3.63, 3.8) is 0 Å². The third-order valence-corrected chi connectivity index (χ3v) is 9.47. The second-order valence-electron chi connectivity index (χ2n) is 12.8. The number of nitrogens with one attached hydrogen (secondary N) is 1. The molecule has 7 rings (SSSR count). The SMILES string of the molecule is Cc1ccc(N2CCC[C@H](N(Cc3ccnc(C)c3)Cc3cn(C4CC4)c4cc(N5CCNCC5)c(F)cc4c3=O)C2)cn1.S. The molecular formula is C35H44FN7OS. The van der Waals surface area contributed by atoms with E-state index in [1.54, 1.807) is 0 Å². The van der Waals surface area contributed by atoms with Crippen LogP contribution in [0.5, 0.6) is 0 Å². The summed E-state index contributed by atoms with van der Waals surface area (Å²) in [5.74, 6) is -0.310. The van der Waals surface area contributed by atoms with Crippen LogP contribution in [0.25, 0.3) is 10.9 Å². The molecule has 1 saturated carbocycles. The number of anilines is 2. The van der Waals surface area contributed by atoms with E-state index in [-0.39, 0.29) is 30.8 Å². The van der Waals surface area contributed by atoms with Gasteiger partial charge in [-0.2, -0.15) is 13.5 Å². The highest BCUT2D eigenvalue weighted by Crippen LogP contribution is 2.38. The van der Waals surface area contributed by atoms with Crippen LogP contribution in [0.2, 0.25) is 0 Å². The normalized spacial score (nSPS) is 18.8. The number of aryl methyl sites for hydroxylation is 2. The molecule has 2 saturated heterocycles. The Balaban J connectivity index is 0.00000357. The van der Waals surface area contributed by atoms with Crippen LogP contribution in [0.4, 0.5) is 15.8 Å². The standard InChI is InChI=1S/C35H42FN7O.H2S/c1-24-5-6-29(19-39-24)41-13-3-4-30(23-41)42(20-26-9-10-38-25(2)16-26)21-27-22-43(28-7-8-28)33-18-34(40-14-11-37-12-15-40)32(36)17-31(33)35(27)44;/h5-6,9-10,16-19,22,28,30,37H,3-4,7-8,11-15,20-21,23H2,1-2H3;1H2/t30-;/m0./s1. The molecule has 1 aliphatic carbocycles. The van der Waals surface area contributed by atoms with Gasteiger partial charge < -0.3 is 19.7 Å². The van der Waals surface area contributed by atoms with Crippen molar-refractivity contribution < 1.29 is 4.39 Å². The monoisotopic (exact) mass is 629 g/mol. The van der Waals surface area contributed by atoms with Gasteiger partial charge in [-0.05, 0) is 81.5 Å². The summed E-state index contributed by atoms with van der Waals surface area (Å²) in [6.45, 7) is 10.3. The van der Waals surface area contributed by atoms with E-state index >= 15 is 4.39 Å². The Morgan fingerprint density at radius 1 is 0.956 bits per heavy atom. The average molecular weight is 630 g/mol. The molecule has 0 radical (unpaired) electrons. The molecule has 1 N–H and O–H groups in total. The Morgan fingerprint density at radius 3 is 2.51 bits per heavy atom. The molecule has 10 heteroatoms. The van der Waals surface area contributed by atoms with E-state index in [4.69, 9.17) is 0 Å². The molecule has 0 unspecified atom stereocenters. The van der Waals surface area contributed by atoms with Crippen molar-refractivity contribution in [3.05, 3.63) is 93.5 Å². The van der Waals surface area contributed by atoms with Gasteiger partial charge in [-0.25, -0.2) is 4.39 Å². The van der Waals surface area contributed by atoms with Crippen molar-refractivity contribution in [3.8, 4) is 0 Å². The molecule has 238 valence electrons. The fourth-order valence-electron chi connectivity index (χ4n) is 6.94. The number of halogens is 1. The Labute approximate surface area is 271 Å². The molecule has 0 bridgehead atoms. The maximum atomic E-state index is 15.6. The summed E-state index contributed by atoms with van der Waals surface area (Å²) in [4.78, 5) is 30.1. The minimum atomic E-state index is -0.310. The van der Waals surface area contributed by atoms with Gasteiger partial charge >= 0.3 is 0 Å². The van der Waals surface area contributed by atoms with Crippen LogP contribution in [0.1, 0.15) is 54.2 Å². The third kappa shape index (κ3) is 6.88. The van der Waals surface area contributed by atoms with Crippen molar-refractivity contribution in [2.75, 3.05) is 49.1 Å². The average Bonchev–Trinajstić information content (AvgIpc) is 3.88. The molecule has 4 aromatic rings. The Kier molecular flexibility index (Phi) is 9.44.